The third-order valence-corrected chi connectivity index (χ3v) is 8.53. The fraction of sp³-hybridized carbons (Fsp3) is 0.333. The van der Waals surface area contributed by atoms with Crippen LogP contribution < -0.4 is 20.3 Å². The number of ether oxygens (including phenoxy) is 1. The molecule has 3 aromatic carbocycles. The number of carboxylic acid groups (broad SMARTS) is 1. The first-order chi connectivity index (χ1) is 21.6. The summed E-state index contributed by atoms with van der Waals surface area (Å²) >= 11 is 0.870. The molecule has 1 saturated carbocycles. The zero-order valence-corrected chi connectivity index (χ0v) is 24.9. The Morgan fingerprint density at radius 1 is 0.978 bits per heavy atom. The number of aliphatic carboxylic acids is 1. The first-order valence-corrected chi connectivity index (χ1v) is 15.3. The Bertz CT molecular complexity index is 1650. The molecular weight excluding hydrogens is 621 g/mol. The first kappa shape index (κ1) is 34.2. The Labute approximate surface area is 268 Å². The predicted molar refractivity (Wildman–Crippen MR) is 172 cm³/mol. The van der Waals surface area contributed by atoms with E-state index >= 15 is 0 Å². The van der Waals surface area contributed by atoms with Crippen LogP contribution in [0.5, 0.6) is 5.75 Å². The number of aromatic nitrogens is 1. The minimum Gasteiger partial charge on any atom is -0.481 e. The fourth-order valence-corrected chi connectivity index (χ4v) is 6.22. The Morgan fingerprint density at radius 2 is 1.67 bits per heavy atom. The second-order valence-corrected chi connectivity index (χ2v) is 11.7. The summed E-state index contributed by atoms with van der Waals surface area (Å²) in [7, 11) is 0. The van der Waals surface area contributed by atoms with Crippen LogP contribution in [0.2, 0.25) is 0 Å². The topological polar surface area (TPSA) is 121 Å². The Balaban J connectivity index is 0.00000480. The lowest BCUT2D eigenvalue weighted by Crippen LogP contribution is -2.34. The van der Waals surface area contributed by atoms with Crippen LogP contribution >= 0.6 is 11.3 Å². The van der Waals surface area contributed by atoms with Gasteiger partial charge in [0.05, 0.1) is 23.2 Å². The van der Waals surface area contributed by atoms with E-state index in [-0.39, 0.29) is 42.3 Å². The van der Waals surface area contributed by atoms with Gasteiger partial charge in [-0.2, -0.15) is 0 Å². The van der Waals surface area contributed by atoms with Gasteiger partial charge >= 0.3 is 18.4 Å². The molecule has 46 heavy (non-hydrogen) atoms. The minimum atomic E-state index is -4.88. The number of carbonyl (C=O) groups excluding carboxylic acids is 2. The monoisotopic (exact) mass is 656 g/mol. The molecule has 1 aliphatic carbocycles. The van der Waals surface area contributed by atoms with Gasteiger partial charge in [-0.3, -0.25) is 19.8 Å². The number of nitrogens with zero attached hydrogens (tertiary/aromatic N) is 2. The van der Waals surface area contributed by atoms with Gasteiger partial charge in [0.2, 0.25) is 0 Å². The maximum atomic E-state index is 13.7. The van der Waals surface area contributed by atoms with Crippen LogP contribution in [-0.2, 0) is 11.3 Å². The van der Waals surface area contributed by atoms with Crippen molar-refractivity contribution in [3.8, 4) is 5.75 Å². The summed E-state index contributed by atoms with van der Waals surface area (Å²) in [5, 5.41) is 14.2. The van der Waals surface area contributed by atoms with E-state index in [1.807, 2.05) is 24.3 Å². The summed E-state index contributed by atoms with van der Waals surface area (Å²) < 4.78 is 43.1. The van der Waals surface area contributed by atoms with E-state index in [0.717, 1.165) is 24.2 Å². The van der Waals surface area contributed by atoms with Crippen LogP contribution in [0.15, 0.2) is 66.7 Å². The van der Waals surface area contributed by atoms with Crippen LogP contribution in [0.1, 0.15) is 73.4 Å². The predicted octanol–water partition coefficient (Wildman–Crippen LogP) is 8.32. The number of carbonyl (C=O) groups is 3. The molecule has 1 heterocycles. The summed E-state index contributed by atoms with van der Waals surface area (Å²) in [4.78, 5) is 42.6. The normalized spacial score (nSPS) is 13.5. The number of thiazole rings is 1. The third kappa shape index (κ3) is 8.96. The minimum absolute atomic E-state index is 0. The van der Waals surface area contributed by atoms with E-state index in [2.05, 4.69) is 20.4 Å². The van der Waals surface area contributed by atoms with Crippen LogP contribution in [0, 0.1) is 0 Å². The van der Waals surface area contributed by atoms with E-state index in [9.17, 15) is 27.6 Å². The molecule has 0 saturated heterocycles. The quantitative estimate of drug-likeness (QED) is 0.158. The number of urea groups is 1. The summed E-state index contributed by atoms with van der Waals surface area (Å²) in [5.74, 6) is -1.36. The molecule has 0 unspecified atom stereocenters. The average Bonchev–Trinajstić information content (AvgIpc) is 3.43. The van der Waals surface area contributed by atoms with E-state index in [4.69, 9.17) is 5.11 Å². The number of carboxylic acids is 1. The Kier molecular flexibility index (Phi) is 11.2. The van der Waals surface area contributed by atoms with Crippen molar-refractivity contribution < 1.29 is 37.4 Å². The number of hydrogen-bond donors (Lipinski definition) is 3. The average molecular weight is 657 g/mol. The largest absolute Gasteiger partial charge is 0.573 e. The molecular formula is C33H35F3N4O5S. The van der Waals surface area contributed by atoms with Gasteiger partial charge in [-0.05, 0) is 66.3 Å². The number of fused-ring (bicyclic) bond motifs is 1. The van der Waals surface area contributed by atoms with Gasteiger partial charge in [-0.1, -0.05) is 68.4 Å². The Hall–Kier alpha value is -4.65. The van der Waals surface area contributed by atoms with Gasteiger partial charge in [-0.25, -0.2) is 9.78 Å². The van der Waals surface area contributed by atoms with Crippen molar-refractivity contribution >= 4 is 50.3 Å². The lowest BCUT2D eigenvalue weighted by Gasteiger charge is -2.25. The Morgan fingerprint density at radius 3 is 2.33 bits per heavy atom. The number of halogens is 3. The molecule has 3 amide bonds. The molecule has 13 heteroatoms. The number of nitrogens with one attached hydrogen (secondary N) is 2. The summed E-state index contributed by atoms with van der Waals surface area (Å²) in [6.07, 6.45) is 0.782. The van der Waals surface area contributed by atoms with Crippen molar-refractivity contribution in [2.45, 2.75) is 64.8 Å². The van der Waals surface area contributed by atoms with Crippen molar-refractivity contribution in [3.63, 3.8) is 0 Å². The zero-order valence-electron chi connectivity index (χ0n) is 24.1. The molecule has 1 fully saturated rings. The summed E-state index contributed by atoms with van der Waals surface area (Å²) in [5.41, 5.74) is 3.10. The smallest absolute Gasteiger partial charge is 0.481 e. The van der Waals surface area contributed by atoms with Crippen LogP contribution in [-0.4, -0.2) is 40.9 Å². The number of hydrogen-bond acceptors (Lipinski definition) is 6. The van der Waals surface area contributed by atoms with E-state index in [1.165, 1.54) is 47.9 Å². The zero-order chi connectivity index (χ0) is 32.0. The fourth-order valence-electron chi connectivity index (χ4n) is 5.31. The molecule has 9 nitrogen and oxygen atoms in total. The van der Waals surface area contributed by atoms with Crippen molar-refractivity contribution in [1.29, 1.82) is 0 Å². The number of alkyl halides is 3. The van der Waals surface area contributed by atoms with Gasteiger partial charge in [-0.15, -0.1) is 13.2 Å². The van der Waals surface area contributed by atoms with E-state index in [1.54, 1.807) is 24.3 Å². The maximum Gasteiger partial charge on any atom is 0.573 e. The highest BCUT2D eigenvalue weighted by Crippen LogP contribution is 2.37. The lowest BCUT2D eigenvalue weighted by atomic mass is 9.84. The maximum absolute atomic E-state index is 13.7. The molecule has 244 valence electrons. The number of rotatable bonds is 10. The van der Waals surface area contributed by atoms with Crippen LogP contribution in [0.25, 0.3) is 10.2 Å². The summed E-state index contributed by atoms with van der Waals surface area (Å²) in [6, 6.07) is 17.9. The number of anilines is 2. The highest BCUT2D eigenvalue weighted by atomic mass is 32.1. The van der Waals surface area contributed by atoms with Crippen molar-refractivity contribution in [2.24, 2.45) is 0 Å². The van der Waals surface area contributed by atoms with Crippen LogP contribution in [0.4, 0.5) is 28.8 Å². The molecule has 1 aliphatic rings. The van der Waals surface area contributed by atoms with Gasteiger partial charge in [0.15, 0.2) is 5.13 Å². The van der Waals surface area contributed by atoms with Gasteiger partial charge < -0.3 is 15.2 Å². The van der Waals surface area contributed by atoms with Crippen molar-refractivity contribution in [2.75, 3.05) is 16.8 Å². The second kappa shape index (κ2) is 15.1. The molecule has 3 N–H and O–H groups in total. The van der Waals surface area contributed by atoms with Crippen molar-refractivity contribution in [1.82, 2.24) is 10.3 Å². The molecule has 5 rings (SSSR count). The molecule has 1 aromatic heterocycles. The molecule has 0 bridgehead atoms. The van der Waals surface area contributed by atoms with Gasteiger partial charge in [0.25, 0.3) is 5.91 Å². The van der Waals surface area contributed by atoms with Crippen LogP contribution in [0.3, 0.4) is 0 Å². The highest BCUT2D eigenvalue weighted by molar-refractivity contribution is 7.22. The second-order valence-electron chi connectivity index (χ2n) is 10.7. The molecule has 0 spiro atoms. The highest BCUT2D eigenvalue weighted by Gasteiger charge is 2.32. The van der Waals surface area contributed by atoms with E-state index < -0.39 is 30.0 Å². The van der Waals surface area contributed by atoms with Crippen molar-refractivity contribution in [3.05, 3.63) is 83.4 Å². The standard InChI is InChI=1S/C32H31F3N4O5S.CH4/c33-32(34,35)44-26-8-4-7-25-28(26)45-30(37-25)38-31(43)39(24-15-13-22(14-16-24)21-5-2-1-3-6-21)19-20-9-11-23(12-10-20)29(42)36-18-17-27(40)41;/h4,7-16,21H,1-3,5-6,17-19H2,(H,36,42)(H,40,41)(H,37,38,43);1H4. The molecule has 0 atom stereocenters. The molecule has 0 aliphatic heterocycles. The lowest BCUT2D eigenvalue weighted by molar-refractivity contribution is -0.274. The number of benzene rings is 3. The van der Waals surface area contributed by atoms with E-state index in [0.29, 0.717) is 22.7 Å². The summed E-state index contributed by atoms with van der Waals surface area (Å²) in [6.45, 7) is 0.110. The SMILES string of the molecule is C.O=C(O)CCNC(=O)c1ccc(CN(C(=O)Nc2nc3cccc(OC(F)(F)F)c3s2)c2ccc(C3CCCCC3)cc2)cc1. The molecule has 0 radical (unpaired) electrons. The van der Waals surface area contributed by atoms with Gasteiger partial charge in [0, 0.05) is 17.8 Å². The third-order valence-electron chi connectivity index (χ3n) is 7.53. The first-order valence-electron chi connectivity index (χ1n) is 14.5. The molecule has 4 aromatic rings. The van der Waals surface area contributed by atoms with Gasteiger partial charge in [0.1, 0.15) is 5.75 Å². The number of amides is 3.